The fraction of sp³-hybridized carbons (Fsp3) is 0.391. The summed E-state index contributed by atoms with van der Waals surface area (Å²) >= 11 is 2.85. The number of aromatic amines is 1. The number of hydrogen-bond acceptors (Lipinski definition) is 12. The van der Waals surface area contributed by atoms with Crippen molar-refractivity contribution in [3.8, 4) is 11.4 Å². The van der Waals surface area contributed by atoms with Crippen LogP contribution in [0.3, 0.4) is 0 Å². The largest absolute Gasteiger partial charge is 0.369 e. The Kier molecular flexibility index (Phi) is 8.45. The number of H-pyrrole nitrogens is 1. The first-order chi connectivity index (χ1) is 18.1. The number of fused-ring (bicyclic) bond motifs is 2. The van der Waals surface area contributed by atoms with Crippen LogP contribution < -0.4 is 10.8 Å². The van der Waals surface area contributed by atoms with E-state index in [0.717, 1.165) is 65.2 Å². The Bertz CT molecular complexity index is 1360. The second-order valence-corrected chi connectivity index (χ2v) is 10.1. The molecule has 1 saturated heterocycles. The molecule has 0 aliphatic carbocycles. The molecular weight excluding hydrogens is 516 g/mol. The third-order valence-electron chi connectivity index (χ3n) is 6.06. The minimum absolute atomic E-state index is 0.215. The van der Waals surface area contributed by atoms with Gasteiger partial charge in [0.15, 0.2) is 5.82 Å². The van der Waals surface area contributed by atoms with E-state index < -0.39 is 5.91 Å². The van der Waals surface area contributed by atoms with Gasteiger partial charge in [0, 0.05) is 79.8 Å². The number of hydroxylamine groups is 3. The number of benzene rings is 1. The highest BCUT2D eigenvalue weighted by Gasteiger charge is 2.21. The number of nitrogens with zero attached hydrogens (tertiary/aromatic N) is 5. The third kappa shape index (κ3) is 6.18. The number of aromatic nitrogens is 4. The van der Waals surface area contributed by atoms with Crippen LogP contribution in [0.25, 0.3) is 32.5 Å². The van der Waals surface area contributed by atoms with Crippen LogP contribution in [-0.2, 0) is 20.7 Å². The normalized spacial score (nSPS) is 15.0. The number of rotatable bonds is 11. The van der Waals surface area contributed by atoms with E-state index >= 15 is 0 Å². The molecule has 14 heteroatoms. The summed E-state index contributed by atoms with van der Waals surface area (Å²) in [6.45, 7) is 4.59. The van der Waals surface area contributed by atoms with Crippen molar-refractivity contribution in [3.63, 3.8) is 0 Å². The summed E-state index contributed by atoms with van der Waals surface area (Å²) in [5, 5.41) is 22.1. The molecule has 0 spiro atoms. The van der Waals surface area contributed by atoms with Crippen LogP contribution in [0.5, 0.6) is 0 Å². The maximum Gasteiger partial charge on any atom is 0.243 e. The standard InChI is InChI=1S/C23H28N8O4S2/c1-36-35-34-31-10-8-30(9-11-31)14-15-12-19-21(37-15)23(24-7-3-6-20(32)29-33)27-22(26-19)16-4-2-5-18-17(16)13-25-28-18/h2,4-5,12-13,33H,3,6-11,14H2,1H3,(H,25,28)(H,29,32)(H,24,26,27). The monoisotopic (exact) mass is 544 g/mol. The van der Waals surface area contributed by atoms with Gasteiger partial charge in [0.25, 0.3) is 0 Å². The summed E-state index contributed by atoms with van der Waals surface area (Å²) in [6, 6.07) is 8.04. The number of piperazine rings is 1. The van der Waals surface area contributed by atoms with Crippen molar-refractivity contribution in [2.24, 2.45) is 0 Å². The Labute approximate surface area is 221 Å². The Morgan fingerprint density at radius 1 is 1.27 bits per heavy atom. The Hall–Kier alpha value is -2.85. The quantitative estimate of drug-likeness (QED) is 0.0727. The van der Waals surface area contributed by atoms with Gasteiger partial charge in [-0.25, -0.2) is 15.4 Å². The average molecular weight is 545 g/mol. The number of hydrogen-bond donors (Lipinski definition) is 4. The molecule has 3 aromatic heterocycles. The second-order valence-electron chi connectivity index (χ2n) is 8.54. The van der Waals surface area contributed by atoms with Gasteiger partial charge in [0.05, 0.1) is 21.9 Å². The highest BCUT2D eigenvalue weighted by atomic mass is 32.2. The van der Waals surface area contributed by atoms with E-state index in [1.165, 1.54) is 16.9 Å². The minimum atomic E-state index is -0.411. The van der Waals surface area contributed by atoms with Gasteiger partial charge in [-0.15, -0.1) is 20.7 Å². The van der Waals surface area contributed by atoms with Gasteiger partial charge in [0.2, 0.25) is 5.91 Å². The SMILES string of the molecule is CSOON1CCN(Cc2cc3nc(-c4cccc5[nH]ncc45)nc(NCCCC(=O)NO)c3s2)CC1. The predicted molar refractivity (Wildman–Crippen MR) is 143 cm³/mol. The maximum atomic E-state index is 11.4. The lowest BCUT2D eigenvalue weighted by Gasteiger charge is -2.32. The highest BCUT2D eigenvalue weighted by molar-refractivity contribution is 7.93. The molecular formula is C23H28N8O4S2. The smallest absolute Gasteiger partial charge is 0.243 e. The van der Waals surface area contributed by atoms with E-state index in [-0.39, 0.29) is 6.42 Å². The lowest BCUT2D eigenvalue weighted by Crippen LogP contribution is -2.45. The molecule has 1 fully saturated rings. The summed E-state index contributed by atoms with van der Waals surface area (Å²) in [6.07, 6.45) is 4.36. The van der Waals surface area contributed by atoms with Crippen LogP contribution in [0.15, 0.2) is 30.5 Å². The van der Waals surface area contributed by atoms with Crippen molar-refractivity contribution in [1.82, 2.24) is 35.6 Å². The summed E-state index contributed by atoms with van der Waals surface area (Å²) in [5.74, 6) is 0.929. The fourth-order valence-electron chi connectivity index (χ4n) is 4.23. The van der Waals surface area contributed by atoms with E-state index in [9.17, 15) is 4.79 Å². The third-order valence-corrected chi connectivity index (χ3v) is 7.37. The Morgan fingerprint density at radius 3 is 2.95 bits per heavy atom. The van der Waals surface area contributed by atoms with E-state index in [2.05, 4.69) is 26.5 Å². The van der Waals surface area contributed by atoms with Crippen molar-refractivity contribution in [2.45, 2.75) is 19.4 Å². The molecule has 4 aromatic rings. The Balaban J connectivity index is 1.38. The second kappa shape index (κ2) is 12.1. The molecule has 0 radical (unpaired) electrons. The molecule has 0 atom stereocenters. The van der Waals surface area contributed by atoms with Crippen LogP contribution in [0.4, 0.5) is 5.82 Å². The lowest BCUT2D eigenvalue weighted by molar-refractivity contribution is -0.365. The summed E-state index contributed by atoms with van der Waals surface area (Å²) in [4.78, 5) is 30.0. The highest BCUT2D eigenvalue weighted by Crippen LogP contribution is 2.34. The van der Waals surface area contributed by atoms with Crippen molar-refractivity contribution < 1.29 is 19.3 Å². The molecule has 1 aliphatic heterocycles. The molecule has 37 heavy (non-hydrogen) atoms. The van der Waals surface area contributed by atoms with Crippen LogP contribution in [0.2, 0.25) is 0 Å². The van der Waals surface area contributed by atoms with Crippen LogP contribution in [0, 0.1) is 0 Å². The Morgan fingerprint density at radius 2 is 2.14 bits per heavy atom. The predicted octanol–water partition coefficient (Wildman–Crippen LogP) is 3.19. The van der Waals surface area contributed by atoms with Gasteiger partial charge >= 0.3 is 0 Å². The zero-order valence-corrected chi connectivity index (χ0v) is 21.9. The molecule has 0 saturated carbocycles. The molecule has 4 N–H and O–H groups in total. The molecule has 0 unspecified atom stereocenters. The number of amides is 1. The van der Waals surface area contributed by atoms with Crippen molar-refractivity contribution in [3.05, 3.63) is 35.3 Å². The van der Waals surface area contributed by atoms with Crippen molar-refractivity contribution in [1.29, 1.82) is 0 Å². The first kappa shape index (κ1) is 25.8. The molecule has 1 aliphatic rings. The number of anilines is 1. The number of carbonyl (C=O) groups excluding carboxylic acids is 1. The van der Waals surface area contributed by atoms with Gasteiger partial charge in [0.1, 0.15) is 5.82 Å². The van der Waals surface area contributed by atoms with Gasteiger partial charge in [-0.2, -0.15) is 10.2 Å². The zero-order chi connectivity index (χ0) is 25.6. The molecule has 4 heterocycles. The molecule has 196 valence electrons. The fourth-order valence-corrected chi connectivity index (χ4v) is 5.48. The van der Waals surface area contributed by atoms with Crippen LogP contribution >= 0.6 is 23.4 Å². The van der Waals surface area contributed by atoms with Gasteiger partial charge in [-0.05, 0) is 18.6 Å². The zero-order valence-electron chi connectivity index (χ0n) is 20.3. The average Bonchev–Trinajstić information content (AvgIpc) is 3.57. The molecule has 12 nitrogen and oxygen atoms in total. The van der Waals surface area contributed by atoms with E-state index in [0.29, 0.717) is 18.8 Å². The minimum Gasteiger partial charge on any atom is -0.369 e. The van der Waals surface area contributed by atoms with E-state index in [1.54, 1.807) is 23.0 Å². The topological polar surface area (TPSA) is 141 Å². The number of nitrogens with one attached hydrogen (secondary N) is 3. The maximum absolute atomic E-state index is 11.4. The first-order valence-corrected chi connectivity index (χ1v) is 13.9. The summed E-state index contributed by atoms with van der Waals surface area (Å²) in [5.41, 5.74) is 4.36. The molecule has 1 aromatic carbocycles. The van der Waals surface area contributed by atoms with E-state index in [4.69, 9.17) is 24.5 Å². The van der Waals surface area contributed by atoms with Gasteiger partial charge in [-0.3, -0.25) is 20.0 Å². The van der Waals surface area contributed by atoms with Crippen LogP contribution in [0.1, 0.15) is 17.7 Å². The van der Waals surface area contributed by atoms with E-state index in [1.807, 2.05) is 29.5 Å². The summed E-state index contributed by atoms with van der Waals surface area (Å²) < 4.78 is 5.94. The van der Waals surface area contributed by atoms with Crippen LogP contribution in [-0.4, -0.2) is 80.2 Å². The number of thiophene rings is 1. The molecule has 1 amide bonds. The number of carbonyl (C=O) groups is 1. The molecule has 0 bridgehead atoms. The van der Waals surface area contributed by atoms with Crippen molar-refractivity contribution in [2.75, 3.05) is 44.3 Å². The molecule has 5 rings (SSSR count). The van der Waals surface area contributed by atoms with Gasteiger partial charge in [-0.1, -0.05) is 12.1 Å². The summed E-state index contributed by atoms with van der Waals surface area (Å²) in [7, 11) is 0. The van der Waals surface area contributed by atoms with Gasteiger partial charge < -0.3 is 5.32 Å². The lowest BCUT2D eigenvalue weighted by atomic mass is 10.1. The van der Waals surface area contributed by atoms with Crippen molar-refractivity contribution >= 4 is 56.2 Å². The first-order valence-electron chi connectivity index (χ1n) is 11.9.